The molecule has 114 valence electrons. The van der Waals surface area contributed by atoms with Gasteiger partial charge in [-0.1, -0.05) is 0 Å². The Kier molecular flexibility index (Phi) is 0.382. The molecule has 0 bridgehead atoms. The third-order valence-electron chi connectivity index (χ3n) is 16.1. The fourth-order valence-corrected chi connectivity index (χ4v) is 89.3. The van der Waals surface area contributed by atoms with E-state index in [9.17, 15) is 4.79 Å². The average molecular weight is 326 g/mol. The minimum atomic E-state index is -3.20. The normalized spacial score (nSPS) is 99.3. The Balaban J connectivity index is 1.15. The Hall–Kier alpha value is -0.271. The van der Waals surface area contributed by atoms with Crippen LogP contribution in [0.4, 0.5) is 0 Å². The molecule has 0 aromatic carbocycles. The molecule has 0 aromatic rings. The molecule has 4 unspecified atom stereocenters. The van der Waals surface area contributed by atoms with Gasteiger partial charge in [-0.3, -0.25) is 0 Å². The first-order chi connectivity index (χ1) is 9.91. The SMILES string of the molecule is CCCCC=C(C)C(=O)O[C]12[CH]3[CH]4[CH]5[CH]1[Fe]45321678[CH]2[CH]1[CH]6[CH]7[CH]28. The molecule has 0 saturated carbocycles. The topological polar surface area (TPSA) is 26.3 Å². The number of rotatable bonds is 5. The first-order valence-electron chi connectivity index (χ1n) is 9.02. The van der Waals surface area contributed by atoms with E-state index in [0.29, 0.717) is 4.50 Å². The molecule has 21 heavy (non-hydrogen) atoms. The van der Waals surface area contributed by atoms with Gasteiger partial charge in [0.15, 0.2) is 0 Å². The van der Waals surface area contributed by atoms with Crippen molar-refractivity contribution in [2.45, 2.75) is 81.0 Å². The third kappa shape index (κ3) is 0.121. The predicted molar refractivity (Wildman–Crippen MR) is 75.9 cm³/mol. The summed E-state index contributed by atoms with van der Waals surface area (Å²) >= 11 is 0. The second kappa shape index (κ2) is 0.879. The number of fused-ring (bicyclic) bond motifs is 10. The van der Waals surface area contributed by atoms with Gasteiger partial charge < -0.3 is 0 Å². The molecule has 0 amide bonds. The number of unbranched alkanes of at least 4 members (excludes halogenated alkanes) is 2. The Labute approximate surface area is 115 Å². The van der Waals surface area contributed by atoms with Crippen LogP contribution in [-0.4, -0.2) is 10.5 Å². The molecule has 4 atom stereocenters. The molecule has 10 aliphatic heterocycles. The van der Waals surface area contributed by atoms with Gasteiger partial charge in [-0.25, -0.2) is 0 Å². The van der Waals surface area contributed by atoms with Gasteiger partial charge in [0.25, 0.3) is 0 Å². The van der Waals surface area contributed by atoms with E-state index in [2.05, 4.69) is 13.0 Å². The van der Waals surface area contributed by atoms with Crippen LogP contribution in [0.1, 0.15) is 33.1 Å². The molecular weight excluding hydrogens is 304 g/mol. The summed E-state index contributed by atoms with van der Waals surface area (Å²) in [6.45, 7) is 0.998. The Bertz CT molecular complexity index is 1030. The van der Waals surface area contributed by atoms with Crippen molar-refractivity contribution in [1.29, 1.82) is 0 Å². The van der Waals surface area contributed by atoms with Crippen molar-refractivity contribution < 1.29 is 16.0 Å². The Morgan fingerprint density at radius 2 is 1.67 bits per heavy atom. The van der Waals surface area contributed by atoms with Crippen molar-refractivity contribution in [3.05, 3.63) is 11.6 Å². The van der Waals surface area contributed by atoms with Crippen molar-refractivity contribution in [3.8, 4) is 0 Å². The first-order valence-corrected chi connectivity index (χ1v) is 15.3. The number of carbonyl (C=O) groups excluding carboxylic acids is 1. The van der Waals surface area contributed by atoms with E-state index in [0.717, 1.165) is 21.6 Å². The molecule has 3 heteroatoms. The molecule has 10 aliphatic rings. The number of hydrogen-bond acceptors (Lipinski definition) is 2. The van der Waals surface area contributed by atoms with E-state index in [1.165, 1.54) is 46.6 Å². The summed E-state index contributed by atoms with van der Waals surface area (Å²) in [5.41, 5.74) is 0.902. The zero-order valence-electron chi connectivity index (χ0n) is 12.6. The third-order valence-corrected chi connectivity index (χ3v) is 58.0. The van der Waals surface area contributed by atoms with E-state index in [1.54, 1.807) is 0 Å². The van der Waals surface area contributed by atoms with Crippen molar-refractivity contribution in [3.63, 3.8) is 0 Å². The van der Waals surface area contributed by atoms with Crippen LogP contribution in [0.2, 0.25) is 43.3 Å². The van der Waals surface area contributed by atoms with Gasteiger partial charge in [0.2, 0.25) is 0 Å². The summed E-state index contributed by atoms with van der Waals surface area (Å²) in [5.74, 6) is 0.0825. The fraction of sp³-hybridized carbons (Fsp3) is 0.833. The van der Waals surface area contributed by atoms with Crippen LogP contribution in [0.25, 0.3) is 0 Å². The van der Waals surface area contributed by atoms with Gasteiger partial charge in [0.1, 0.15) is 0 Å². The average Bonchev–Trinajstić information content (AvgIpc) is 3.41. The number of hydrogen-bond donors (Lipinski definition) is 0. The van der Waals surface area contributed by atoms with E-state index in [4.69, 9.17) is 4.74 Å². The van der Waals surface area contributed by atoms with Crippen LogP contribution in [-0.2, 0) is 16.0 Å². The number of ether oxygens (including phenoxy) is 1. The van der Waals surface area contributed by atoms with E-state index in [1.807, 2.05) is 6.92 Å². The molecule has 10 fully saturated rings. The van der Waals surface area contributed by atoms with Crippen LogP contribution in [0.3, 0.4) is 0 Å². The summed E-state index contributed by atoms with van der Waals surface area (Å²) < 4.78 is 6.81. The second-order valence-corrected chi connectivity index (χ2v) is 35.5. The zero-order valence-corrected chi connectivity index (χ0v) is 13.7. The molecule has 0 radical (unpaired) electrons. The van der Waals surface area contributed by atoms with Gasteiger partial charge >= 0.3 is 115 Å². The minimum absolute atomic E-state index is 0.0825. The molecule has 0 aromatic heterocycles. The molecule has 10 saturated heterocycles. The van der Waals surface area contributed by atoms with Gasteiger partial charge in [0.05, 0.1) is 0 Å². The second-order valence-electron chi connectivity index (χ2n) is 12.0. The molecule has 1 spiro atoms. The van der Waals surface area contributed by atoms with Gasteiger partial charge in [-0.15, -0.1) is 0 Å². The summed E-state index contributed by atoms with van der Waals surface area (Å²) in [6, 6.07) is 0. The van der Waals surface area contributed by atoms with Crippen LogP contribution >= 0.6 is 0 Å². The molecule has 10 heterocycles. The van der Waals surface area contributed by atoms with Crippen molar-refractivity contribution >= 4 is 5.97 Å². The Morgan fingerprint density at radius 3 is 2.05 bits per heavy atom. The summed E-state index contributed by atoms with van der Waals surface area (Å²) in [5, 5.41) is 0. The number of esters is 1. The number of carbonyl (C=O) groups is 1. The van der Waals surface area contributed by atoms with Crippen LogP contribution in [0.15, 0.2) is 11.6 Å². The number of allylic oxidation sites excluding steroid dienone is 1. The van der Waals surface area contributed by atoms with Crippen molar-refractivity contribution in [2.24, 2.45) is 0 Å². The predicted octanol–water partition coefficient (Wildman–Crippen LogP) is 4.96. The monoisotopic (exact) mass is 326 g/mol. The molecule has 10 rings (SSSR count). The molecule has 0 N–H and O–H groups in total. The summed E-state index contributed by atoms with van der Waals surface area (Å²) in [4.78, 5) is 23.5. The van der Waals surface area contributed by atoms with Crippen LogP contribution in [0, 0.1) is 0 Å². The summed E-state index contributed by atoms with van der Waals surface area (Å²) in [7, 11) is 0. The molecule has 0 aliphatic carbocycles. The summed E-state index contributed by atoms with van der Waals surface area (Å²) in [6.07, 6.45) is 5.56. The fourth-order valence-electron chi connectivity index (χ4n) is 17.1. The zero-order chi connectivity index (χ0) is 13.7. The maximum absolute atomic E-state index is 12.7. The quantitative estimate of drug-likeness (QED) is 0.309. The first kappa shape index (κ1) is 9.13. The standard InChI is InChI=1S/C13H17O2.C5H5.Fe/c1-3-4-5-8-11(2)13(14)15-12-9-6-7-10-12;1-2-4-5-3-1;/h6-10H,3-5H2,1-2H3;1-5H;. The van der Waals surface area contributed by atoms with Crippen LogP contribution < -0.4 is 0 Å². The van der Waals surface area contributed by atoms with Crippen molar-refractivity contribution in [2.75, 3.05) is 0 Å². The van der Waals surface area contributed by atoms with E-state index >= 15 is 0 Å². The van der Waals surface area contributed by atoms with Gasteiger partial charge in [-0.05, 0) is 0 Å². The van der Waals surface area contributed by atoms with Gasteiger partial charge in [0, 0.05) is 0 Å². The van der Waals surface area contributed by atoms with Gasteiger partial charge in [-0.2, -0.15) is 0 Å². The van der Waals surface area contributed by atoms with Crippen LogP contribution in [0.5, 0.6) is 0 Å². The molecule has 2 nitrogen and oxygen atoms in total. The van der Waals surface area contributed by atoms with E-state index in [-0.39, 0.29) is 5.97 Å². The van der Waals surface area contributed by atoms with E-state index < -0.39 is 6.51 Å². The molecular formula is C18H22FeO2. The Morgan fingerprint density at radius 1 is 1.10 bits per heavy atom. The maximum atomic E-state index is 12.7. The van der Waals surface area contributed by atoms with Crippen molar-refractivity contribution in [1.82, 2.24) is 0 Å².